The van der Waals surface area contributed by atoms with E-state index in [1.54, 1.807) is 12.1 Å². The van der Waals surface area contributed by atoms with Crippen LogP contribution in [0.25, 0.3) is 0 Å². The van der Waals surface area contributed by atoms with E-state index in [1.165, 1.54) is 18.4 Å². The van der Waals surface area contributed by atoms with Crippen molar-refractivity contribution in [3.8, 4) is 5.75 Å². The molecule has 2 aromatic rings. The summed E-state index contributed by atoms with van der Waals surface area (Å²) in [5.41, 5.74) is 2.47. The summed E-state index contributed by atoms with van der Waals surface area (Å²) in [4.78, 5) is 25.8. The van der Waals surface area contributed by atoms with E-state index in [-0.39, 0.29) is 12.5 Å². The van der Waals surface area contributed by atoms with Crippen molar-refractivity contribution in [1.29, 1.82) is 0 Å². The van der Waals surface area contributed by atoms with Crippen LogP contribution < -0.4 is 10.1 Å². The third kappa shape index (κ3) is 4.45. The molecule has 0 unspecified atom stereocenters. The maximum Gasteiger partial charge on any atom is 0.341 e. The molecular weight excluding hydrogens is 386 g/mol. The van der Waals surface area contributed by atoms with Crippen LogP contribution in [0, 0.1) is 12.8 Å². The summed E-state index contributed by atoms with van der Waals surface area (Å²) in [7, 11) is 1.35. The van der Waals surface area contributed by atoms with Crippen LogP contribution in [0.5, 0.6) is 5.75 Å². The number of benzene rings is 1. The molecule has 1 atom stereocenters. The highest BCUT2D eigenvalue weighted by Gasteiger charge is 2.28. The van der Waals surface area contributed by atoms with Crippen molar-refractivity contribution in [2.45, 2.75) is 33.1 Å². The monoisotopic (exact) mass is 407 g/mol. The smallest absolute Gasteiger partial charge is 0.341 e. The van der Waals surface area contributed by atoms with Gasteiger partial charge in [-0.25, -0.2) is 4.79 Å². The van der Waals surface area contributed by atoms with Crippen LogP contribution in [-0.4, -0.2) is 25.6 Å². The van der Waals surface area contributed by atoms with Crippen molar-refractivity contribution in [2.75, 3.05) is 19.0 Å². The largest absolute Gasteiger partial charge is 0.482 e. The molecule has 1 aliphatic rings. The van der Waals surface area contributed by atoms with E-state index in [2.05, 4.69) is 12.2 Å². The standard InChI is InChI=1S/C20H22ClNO4S/c1-11-5-7-14(21)15(8-11)26-10-17(23)22-19-18(20(24)25-3)13-6-4-12(2)9-16(13)27-19/h5,7-8,12H,4,6,9-10H2,1-3H3,(H,22,23)/t12-/m0/s1. The van der Waals surface area contributed by atoms with E-state index < -0.39 is 5.97 Å². The quantitative estimate of drug-likeness (QED) is 0.733. The van der Waals surface area contributed by atoms with Crippen LogP contribution >= 0.6 is 22.9 Å². The minimum Gasteiger partial charge on any atom is -0.482 e. The van der Waals surface area contributed by atoms with Crippen molar-refractivity contribution in [2.24, 2.45) is 5.92 Å². The Hall–Kier alpha value is -2.05. The Balaban J connectivity index is 1.75. The van der Waals surface area contributed by atoms with Gasteiger partial charge in [-0.15, -0.1) is 11.3 Å². The Morgan fingerprint density at radius 3 is 2.89 bits per heavy atom. The molecule has 7 heteroatoms. The fourth-order valence-corrected chi connectivity index (χ4v) is 4.77. The Kier molecular flexibility index (Phi) is 6.07. The van der Waals surface area contributed by atoms with Gasteiger partial charge in [-0.1, -0.05) is 24.6 Å². The van der Waals surface area contributed by atoms with Gasteiger partial charge < -0.3 is 14.8 Å². The number of anilines is 1. The number of ether oxygens (including phenoxy) is 2. The second-order valence-corrected chi connectivity index (χ2v) is 8.33. The van der Waals surface area contributed by atoms with Gasteiger partial charge in [0.25, 0.3) is 5.91 Å². The lowest BCUT2D eigenvalue weighted by molar-refractivity contribution is -0.118. The molecule has 1 amide bonds. The van der Waals surface area contributed by atoms with Crippen molar-refractivity contribution in [3.63, 3.8) is 0 Å². The molecule has 0 saturated heterocycles. The first-order chi connectivity index (χ1) is 12.9. The Labute approximate surface area is 167 Å². The number of amides is 1. The third-order valence-electron chi connectivity index (χ3n) is 4.60. The van der Waals surface area contributed by atoms with Gasteiger partial charge in [-0.2, -0.15) is 0 Å². The number of halogens is 1. The third-order valence-corrected chi connectivity index (χ3v) is 6.08. The first-order valence-corrected chi connectivity index (χ1v) is 10.00. The maximum atomic E-state index is 12.4. The molecule has 144 valence electrons. The molecule has 1 heterocycles. The van der Waals surface area contributed by atoms with Gasteiger partial charge in [-0.05, 0) is 55.4 Å². The fraction of sp³-hybridized carbons (Fsp3) is 0.400. The van der Waals surface area contributed by atoms with Gasteiger partial charge >= 0.3 is 5.97 Å². The van der Waals surface area contributed by atoms with Gasteiger partial charge in [0.1, 0.15) is 10.8 Å². The SMILES string of the molecule is COC(=O)c1c(NC(=O)COc2cc(C)ccc2Cl)sc2c1CC[C@H](C)C2. The minimum atomic E-state index is -0.417. The van der Waals surface area contributed by atoms with Crippen LogP contribution in [0.1, 0.15) is 39.7 Å². The van der Waals surface area contributed by atoms with E-state index in [0.29, 0.717) is 27.3 Å². The molecule has 5 nitrogen and oxygen atoms in total. The summed E-state index contributed by atoms with van der Waals surface area (Å²) in [6, 6.07) is 5.38. The first kappa shape index (κ1) is 19.7. The number of nitrogens with one attached hydrogen (secondary N) is 1. The van der Waals surface area contributed by atoms with Gasteiger partial charge in [0, 0.05) is 4.88 Å². The highest BCUT2D eigenvalue weighted by molar-refractivity contribution is 7.17. The summed E-state index contributed by atoms with van der Waals surface area (Å²) in [5.74, 6) is 0.265. The molecule has 3 rings (SSSR count). The number of hydrogen-bond acceptors (Lipinski definition) is 5. The number of thiophene rings is 1. The normalized spacial score (nSPS) is 15.8. The van der Waals surface area contributed by atoms with Crippen LogP contribution in [0.3, 0.4) is 0 Å². The lowest BCUT2D eigenvalue weighted by Gasteiger charge is -2.18. The van der Waals surface area contributed by atoms with Crippen LogP contribution in [0.4, 0.5) is 5.00 Å². The number of rotatable bonds is 5. The summed E-state index contributed by atoms with van der Waals surface area (Å²) in [5, 5.41) is 3.79. The first-order valence-electron chi connectivity index (χ1n) is 8.80. The molecule has 0 spiro atoms. The van der Waals surface area contributed by atoms with E-state index >= 15 is 0 Å². The lowest BCUT2D eigenvalue weighted by Crippen LogP contribution is -2.21. The fourth-order valence-electron chi connectivity index (χ4n) is 3.18. The second-order valence-electron chi connectivity index (χ2n) is 6.82. The minimum absolute atomic E-state index is 0.192. The van der Waals surface area contributed by atoms with Gasteiger partial charge in [0.2, 0.25) is 0 Å². The zero-order chi connectivity index (χ0) is 19.6. The van der Waals surface area contributed by atoms with Crippen molar-refractivity contribution < 1.29 is 19.1 Å². The van der Waals surface area contributed by atoms with Gasteiger partial charge in [0.05, 0.1) is 17.7 Å². The number of hydrogen-bond donors (Lipinski definition) is 1. The van der Waals surface area contributed by atoms with Crippen LogP contribution in [-0.2, 0) is 22.4 Å². The molecular formula is C20H22ClNO4S. The topological polar surface area (TPSA) is 64.6 Å². The Morgan fingerprint density at radius 1 is 1.37 bits per heavy atom. The highest BCUT2D eigenvalue weighted by atomic mass is 35.5. The van der Waals surface area contributed by atoms with E-state index in [0.717, 1.165) is 35.3 Å². The number of esters is 1. The molecule has 0 saturated carbocycles. The number of fused-ring (bicyclic) bond motifs is 1. The molecule has 0 aliphatic heterocycles. The molecule has 1 N–H and O–H groups in total. The average molecular weight is 408 g/mol. The molecule has 1 aromatic carbocycles. The summed E-state index contributed by atoms with van der Waals surface area (Å²) in [6.07, 6.45) is 2.76. The number of aryl methyl sites for hydroxylation is 1. The highest BCUT2D eigenvalue weighted by Crippen LogP contribution is 2.40. The predicted octanol–water partition coefficient (Wildman–Crippen LogP) is 4.64. The second kappa shape index (κ2) is 8.31. The van der Waals surface area contributed by atoms with E-state index in [4.69, 9.17) is 21.1 Å². The number of carbonyl (C=O) groups is 2. The van der Waals surface area contributed by atoms with E-state index in [1.807, 2.05) is 13.0 Å². The van der Waals surface area contributed by atoms with Crippen molar-refractivity contribution >= 4 is 39.8 Å². The average Bonchev–Trinajstić information content (AvgIpc) is 2.98. The van der Waals surface area contributed by atoms with Gasteiger partial charge in [-0.3, -0.25) is 4.79 Å². The molecule has 0 radical (unpaired) electrons. The Bertz CT molecular complexity index is 877. The Morgan fingerprint density at radius 2 is 2.15 bits per heavy atom. The zero-order valence-corrected chi connectivity index (χ0v) is 17.1. The molecule has 0 bridgehead atoms. The summed E-state index contributed by atoms with van der Waals surface area (Å²) in [6.45, 7) is 3.92. The van der Waals surface area contributed by atoms with Crippen LogP contribution in [0.15, 0.2) is 18.2 Å². The van der Waals surface area contributed by atoms with Crippen molar-refractivity contribution in [1.82, 2.24) is 0 Å². The molecule has 1 aliphatic carbocycles. The summed E-state index contributed by atoms with van der Waals surface area (Å²) >= 11 is 7.54. The zero-order valence-electron chi connectivity index (χ0n) is 15.6. The van der Waals surface area contributed by atoms with Gasteiger partial charge in [0.15, 0.2) is 6.61 Å². The molecule has 0 fully saturated rings. The predicted molar refractivity (Wildman–Crippen MR) is 107 cm³/mol. The molecule has 27 heavy (non-hydrogen) atoms. The summed E-state index contributed by atoms with van der Waals surface area (Å²) < 4.78 is 10.5. The van der Waals surface area contributed by atoms with Crippen LogP contribution in [0.2, 0.25) is 5.02 Å². The maximum absolute atomic E-state index is 12.4. The van der Waals surface area contributed by atoms with Crippen molar-refractivity contribution in [3.05, 3.63) is 44.8 Å². The number of methoxy groups -OCH3 is 1. The number of carbonyl (C=O) groups excluding carboxylic acids is 2. The van der Waals surface area contributed by atoms with E-state index in [9.17, 15) is 9.59 Å². The lowest BCUT2D eigenvalue weighted by atomic mass is 9.88. The molecule has 1 aromatic heterocycles.